The molecule has 1 aliphatic rings. The van der Waals surface area contributed by atoms with Crippen molar-refractivity contribution in [2.45, 2.75) is 65.5 Å². The summed E-state index contributed by atoms with van der Waals surface area (Å²) in [7, 11) is 1.66. The van der Waals surface area contributed by atoms with Crippen molar-refractivity contribution in [2.75, 3.05) is 13.7 Å². The van der Waals surface area contributed by atoms with Gasteiger partial charge in [0.05, 0.1) is 19.2 Å². The van der Waals surface area contributed by atoms with Crippen LogP contribution in [0.5, 0.6) is 5.88 Å². The normalized spacial score (nSPS) is 16.0. The number of aliphatic imine (C=N–C) groups is 1. The Labute approximate surface area is 195 Å². The zero-order valence-electron chi connectivity index (χ0n) is 18.1. The summed E-state index contributed by atoms with van der Waals surface area (Å²) in [6.45, 7) is 8.58. The van der Waals surface area contributed by atoms with Crippen LogP contribution >= 0.6 is 24.0 Å². The molecule has 3 heterocycles. The summed E-state index contributed by atoms with van der Waals surface area (Å²) >= 11 is 0. The molecule has 0 saturated heterocycles. The number of nitrogens with one attached hydrogen (secondary N) is 2. The maximum absolute atomic E-state index is 5.59. The van der Waals surface area contributed by atoms with Crippen LogP contribution in [0.15, 0.2) is 23.3 Å². The van der Waals surface area contributed by atoms with E-state index in [0.717, 1.165) is 49.1 Å². The first-order chi connectivity index (χ1) is 14.1. The number of aryl methyl sites for hydroxylation is 1. The molecule has 166 valence electrons. The zero-order chi connectivity index (χ0) is 20.6. The number of fused-ring (bicyclic) bond motifs is 1. The lowest BCUT2D eigenvalue weighted by Crippen LogP contribution is -2.47. The van der Waals surface area contributed by atoms with Crippen LogP contribution in [-0.4, -0.2) is 51.5 Å². The Balaban J connectivity index is 0.00000320. The van der Waals surface area contributed by atoms with E-state index in [-0.39, 0.29) is 36.1 Å². The minimum Gasteiger partial charge on any atom is -0.475 e. The molecule has 2 N–H and O–H groups in total. The van der Waals surface area contributed by atoms with Gasteiger partial charge in [-0.2, -0.15) is 5.10 Å². The number of pyridine rings is 1. The van der Waals surface area contributed by atoms with Crippen LogP contribution in [0.1, 0.15) is 44.4 Å². The van der Waals surface area contributed by atoms with E-state index >= 15 is 0 Å². The van der Waals surface area contributed by atoms with Gasteiger partial charge in [-0.15, -0.1) is 24.0 Å². The van der Waals surface area contributed by atoms with Crippen molar-refractivity contribution in [2.24, 2.45) is 4.99 Å². The van der Waals surface area contributed by atoms with Crippen LogP contribution < -0.4 is 15.4 Å². The van der Waals surface area contributed by atoms with Crippen LogP contribution in [0.2, 0.25) is 0 Å². The van der Waals surface area contributed by atoms with Crippen molar-refractivity contribution in [1.82, 2.24) is 30.4 Å². The number of guanidine groups is 1. The fourth-order valence-electron chi connectivity index (χ4n) is 3.17. The van der Waals surface area contributed by atoms with Gasteiger partial charge in [0, 0.05) is 38.4 Å². The maximum Gasteiger partial charge on any atom is 0.213 e. The molecule has 9 nitrogen and oxygen atoms in total. The fraction of sp³-hybridized carbons (Fsp3) is 0.600. The van der Waals surface area contributed by atoms with Crippen molar-refractivity contribution in [1.29, 1.82) is 0 Å². The highest BCUT2D eigenvalue weighted by atomic mass is 127. The highest BCUT2D eigenvalue weighted by Crippen LogP contribution is 2.14. The summed E-state index contributed by atoms with van der Waals surface area (Å²) in [5, 5.41) is 11.4. The number of hydrogen-bond donors (Lipinski definition) is 2. The molecule has 0 radical (unpaired) electrons. The van der Waals surface area contributed by atoms with E-state index in [1.807, 2.05) is 36.9 Å². The second kappa shape index (κ2) is 12.0. The van der Waals surface area contributed by atoms with Gasteiger partial charge < -0.3 is 20.1 Å². The average Bonchev–Trinajstić information content (AvgIpc) is 3.09. The molecule has 10 heteroatoms. The van der Waals surface area contributed by atoms with Crippen LogP contribution in [-0.2, 0) is 30.9 Å². The second-order valence-electron chi connectivity index (χ2n) is 7.31. The number of nitrogens with zero attached hydrogens (tertiary/aromatic N) is 5. The number of methoxy groups -OCH3 is 1. The van der Waals surface area contributed by atoms with Gasteiger partial charge in [-0.3, -0.25) is 0 Å². The first kappa shape index (κ1) is 24.3. The van der Waals surface area contributed by atoms with E-state index in [1.54, 1.807) is 7.11 Å². The molecule has 0 saturated carbocycles. The molecule has 0 aromatic carbocycles. The lowest BCUT2D eigenvalue weighted by molar-refractivity contribution is 0.177. The summed E-state index contributed by atoms with van der Waals surface area (Å²) in [6, 6.07) is 4.13. The summed E-state index contributed by atoms with van der Waals surface area (Å²) in [4.78, 5) is 13.6. The van der Waals surface area contributed by atoms with Crippen molar-refractivity contribution in [3.8, 4) is 5.88 Å². The monoisotopic (exact) mass is 529 g/mol. The average molecular weight is 529 g/mol. The second-order valence-corrected chi connectivity index (χ2v) is 7.31. The van der Waals surface area contributed by atoms with E-state index in [4.69, 9.17) is 14.5 Å². The van der Waals surface area contributed by atoms with Crippen molar-refractivity contribution >= 4 is 29.9 Å². The lowest BCUT2D eigenvalue weighted by atomic mass is 10.1. The molecule has 2 aromatic heterocycles. The van der Waals surface area contributed by atoms with E-state index in [1.165, 1.54) is 0 Å². The van der Waals surface area contributed by atoms with Crippen LogP contribution in [0, 0.1) is 0 Å². The van der Waals surface area contributed by atoms with E-state index in [9.17, 15) is 0 Å². The minimum absolute atomic E-state index is 0. The number of rotatable bonds is 8. The van der Waals surface area contributed by atoms with Gasteiger partial charge in [-0.1, -0.05) is 6.07 Å². The third kappa shape index (κ3) is 7.08. The predicted molar refractivity (Wildman–Crippen MR) is 126 cm³/mol. The van der Waals surface area contributed by atoms with E-state index < -0.39 is 0 Å². The van der Waals surface area contributed by atoms with Gasteiger partial charge in [-0.05, 0) is 32.8 Å². The molecular weight excluding hydrogens is 497 g/mol. The molecule has 0 aliphatic carbocycles. The Kier molecular flexibility index (Phi) is 9.76. The molecule has 0 fully saturated rings. The minimum atomic E-state index is 0. The Morgan fingerprint density at radius 3 is 2.87 bits per heavy atom. The van der Waals surface area contributed by atoms with Gasteiger partial charge >= 0.3 is 0 Å². The summed E-state index contributed by atoms with van der Waals surface area (Å²) in [5.41, 5.74) is 1.03. The largest absolute Gasteiger partial charge is 0.475 e. The third-order valence-corrected chi connectivity index (χ3v) is 4.43. The first-order valence-corrected chi connectivity index (χ1v) is 10.1. The highest BCUT2D eigenvalue weighted by molar-refractivity contribution is 14.0. The Bertz CT molecular complexity index is 808. The van der Waals surface area contributed by atoms with Gasteiger partial charge in [0.1, 0.15) is 12.4 Å². The fourth-order valence-corrected chi connectivity index (χ4v) is 3.17. The Hall–Kier alpha value is -1.95. The maximum atomic E-state index is 5.59. The first-order valence-electron chi connectivity index (χ1n) is 10.1. The number of hydrogen-bond acceptors (Lipinski definition) is 6. The summed E-state index contributed by atoms with van der Waals surface area (Å²) in [6.07, 6.45) is 3.79. The van der Waals surface area contributed by atoms with Gasteiger partial charge in [0.25, 0.3) is 0 Å². The molecule has 1 unspecified atom stereocenters. The number of halogens is 1. The van der Waals surface area contributed by atoms with Crippen molar-refractivity contribution in [3.63, 3.8) is 0 Å². The molecule has 0 spiro atoms. The van der Waals surface area contributed by atoms with Gasteiger partial charge in [0.15, 0.2) is 11.8 Å². The number of aromatic nitrogens is 4. The van der Waals surface area contributed by atoms with Gasteiger partial charge in [-0.25, -0.2) is 19.6 Å². The highest BCUT2D eigenvalue weighted by Gasteiger charge is 2.22. The topological polar surface area (TPSA) is 98.5 Å². The Morgan fingerprint density at radius 2 is 2.20 bits per heavy atom. The smallest absolute Gasteiger partial charge is 0.213 e. The molecule has 1 atom stereocenters. The molecule has 2 aromatic rings. The number of ether oxygens (including phenoxy) is 2. The van der Waals surface area contributed by atoms with Crippen molar-refractivity contribution in [3.05, 3.63) is 35.5 Å². The zero-order valence-corrected chi connectivity index (χ0v) is 20.4. The van der Waals surface area contributed by atoms with Crippen LogP contribution in [0.4, 0.5) is 0 Å². The third-order valence-electron chi connectivity index (χ3n) is 4.43. The molecule has 0 amide bonds. The predicted octanol–water partition coefficient (Wildman–Crippen LogP) is 2.29. The van der Waals surface area contributed by atoms with Crippen LogP contribution in [0.3, 0.4) is 0 Å². The Morgan fingerprint density at radius 1 is 1.37 bits per heavy atom. The molecule has 30 heavy (non-hydrogen) atoms. The standard InChI is InChI=1S/C20H31N7O2.HI/c1-5-21-20(23-11-15-6-9-19(22-10-15)29-14(2)3)24-16-7-8-18-25-17(13-28-4)26-27(18)12-16;/h6,9-10,14,16H,5,7-8,11-13H2,1-4H3,(H2,21,23,24);1H. The summed E-state index contributed by atoms with van der Waals surface area (Å²) < 4.78 is 12.7. The van der Waals surface area contributed by atoms with E-state index in [2.05, 4.69) is 32.6 Å². The van der Waals surface area contributed by atoms with Crippen molar-refractivity contribution < 1.29 is 9.47 Å². The lowest BCUT2D eigenvalue weighted by Gasteiger charge is -2.25. The molecule has 1 aliphatic heterocycles. The quantitative estimate of drug-likeness (QED) is 0.308. The summed E-state index contributed by atoms with van der Waals surface area (Å²) in [5.74, 6) is 3.19. The molecular formula is C20H32IN7O2. The van der Waals surface area contributed by atoms with Gasteiger partial charge in [0.2, 0.25) is 5.88 Å². The van der Waals surface area contributed by atoms with Crippen LogP contribution in [0.25, 0.3) is 0 Å². The van der Waals surface area contributed by atoms with E-state index in [0.29, 0.717) is 19.0 Å². The molecule has 0 bridgehead atoms. The SMILES string of the molecule is CCNC(=NCc1ccc(OC(C)C)nc1)NC1CCc2nc(COC)nn2C1.I. The molecule has 3 rings (SSSR count).